The summed E-state index contributed by atoms with van der Waals surface area (Å²) in [7, 11) is 0. The summed E-state index contributed by atoms with van der Waals surface area (Å²) in [4.78, 5) is 0. The van der Waals surface area contributed by atoms with Crippen LogP contribution in [0.15, 0.2) is 67.1 Å². The number of hydrogen-bond donors (Lipinski definition) is 0. The van der Waals surface area contributed by atoms with Crippen molar-refractivity contribution in [3.8, 4) is 0 Å². The van der Waals surface area contributed by atoms with Crippen LogP contribution in [0.2, 0.25) is 0 Å². The van der Waals surface area contributed by atoms with Gasteiger partial charge in [0.15, 0.2) is 0 Å². The van der Waals surface area contributed by atoms with Gasteiger partial charge in [0.25, 0.3) is 0 Å². The second kappa shape index (κ2) is 6.64. The van der Waals surface area contributed by atoms with E-state index in [1.807, 2.05) is 16.8 Å². The zero-order chi connectivity index (χ0) is 18.9. The van der Waals surface area contributed by atoms with Gasteiger partial charge in [-0.15, -0.1) is 0 Å². The molecule has 4 aromatic rings. The zero-order valence-corrected chi connectivity index (χ0v) is 16.7. The quantitative estimate of drug-likeness (QED) is 0.390. The second-order valence-corrected chi connectivity index (χ2v) is 8.80. The Labute approximate surface area is 156 Å². The molecule has 0 aliphatic rings. The summed E-state index contributed by atoms with van der Waals surface area (Å²) in [5, 5.41) is 4.30. The lowest BCUT2D eigenvalue weighted by Gasteiger charge is -2.20. The fourth-order valence-electron chi connectivity index (χ4n) is 3.22. The van der Waals surface area contributed by atoms with E-state index in [0.29, 0.717) is 0 Å². The summed E-state index contributed by atoms with van der Waals surface area (Å²) in [6.07, 6.45) is 6.01. The van der Waals surface area contributed by atoms with Crippen LogP contribution < -0.4 is 0 Å². The fraction of sp³-hybridized carbons (Fsp3) is 0.348. The van der Waals surface area contributed by atoms with Gasteiger partial charge in [-0.1, -0.05) is 53.7 Å². The van der Waals surface area contributed by atoms with Crippen molar-refractivity contribution < 1.29 is 0 Å². The summed E-state index contributed by atoms with van der Waals surface area (Å²) in [5.41, 5.74) is 5.49. The number of pyridine rings is 2. The standard InChI is InChI=1S/C12H15N.C11H14N2/c1-12(2,3)10-6-4-8-13-9-5-7-11(10)13;1-11(2,3)10-6-4-5-9-7-8-12-13(9)10/h4-9H,1-3H3;4-8H,1-3H3. The number of nitrogens with zero attached hydrogens (tertiary/aromatic N) is 3. The summed E-state index contributed by atoms with van der Waals surface area (Å²) in [6, 6.07) is 16.9. The van der Waals surface area contributed by atoms with E-state index in [-0.39, 0.29) is 10.8 Å². The van der Waals surface area contributed by atoms with Gasteiger partial charge in [0.2, 0.25) is 0 Å². The van der Waals surface area contributed by atoms with Crippen LogP contribution in [0.5, 0.6) is 0 Å². The van der Waals surface area contributed by atoms with E-state index < -0.39 is 0 Å². The van der Waals surface area contributed by atoms with Crippen LogP contribution in [0.1, 0.15) is 52.8 Å². The first kappa shape index (κ1) is 18.2. The lowest BCUT2D eigenvalue weighted by molar-refractivity contribution is 0.548. The molecule has 0 amide bonds. The maximum atomic E-state index is 4.30. The molecular weight excluding hydrogens is 318 g/mol. The van der Waals surface area contributed by atoms with Gasteiger partial charge in [-0.3, -0.25) is 0 Å². The normalized spacial score (nSPS) is 12.2. The van der Waals surface area contributed by atoms with Gasteiger partial charge in [0.05, 0.1) is 5.52 Å². The number of hydrogen-bond acceptors (Lipinski definition) is 1. The van der Waals surface area contributed by atoms with Gasteiger partial charge in [-0.2, -0.15) is 5.10 Å². The number of rotatable bonds is 0. The Hall–Kier alpha value is -2.55. The molecule has 136 valence electrons. The smallest absolute Gasteiger partial charge is 0.0665 e. The van der Waals surface area contributed by atoms with Crippen LogP contribution in [0.25, 0.3) is 11.0 Å². The molecule has 0 aliphatic heterocycles. The molecule has 0 N–H and O–H groups in total. The van der Waals surface area contributed by atoms with E-state index in [1.165, 1.54) is 16.8 Å². The first-order chi connectivity index (χ1) is 12.2. The summed E-state index contributed by atoms with van der Waals surface area (Å²) < 4.78 is 4.17. The van der Waals surface area contributed by atoms with Crippen molar-refractivity contribution in [2.24, 2.45) is 0 Å². The third kappa shape index (κ3) is 3.67. The molecule has 4 rings (SSSR count). The Kier molecular flexibility index (Phi) is 4.66. The van der Waals surface area contributed by atoms with Crippen molar-refractivity contribution in [2.45, 2.75) is 52.4 Å². The first-order valence-electron chi connectivity index (χ1n) is 9.17. The predicted molar refractivity (Wildman–Crippen MR) is 110 cm³/mol. The largest absolute Gasteiger partial charge is 0.324 e. The van der Waals surface area contributed by atoms with Crippen LogP contribution in [0.3, 0.4) is 0 Å². The topological polar surface area (TPSA) is 21.7 Å². The lowest BCUT2D eigenvalue weighted by atomic mass is 9.87. The van der Waals surface area contributed by atoms with Gasteiger partial charge < -0.3 is 4.40 Å². The molecule has 0 radical (unpaired) electrons. The maximum Gasteiger partial charge on any atom is 0.0665 e. The minimum absolute atomic E-state index is 0.144. The molecule has 4 aromatic heterocycles. The average Bonchev–Trinajstić information content (AvgIpc) is 3.21. The van der Waals surface area contributed by atoms with E-state index in [2.05, 4.69) is 106 Å². The molecule has 3 heteroatoms. The molecular formula is C23H29N3. The highest BCUT2D eigenvalue weighted by atomic mass is 15.2. The Morgan fingerprint density at radius 2 is 1.42 bits per heavy atom. The van der Waals surface area contributed by atoms with Crippen molar-refractivity contribution in [3.05, 3.63) is 78.4 Å². The van der Waals surface area contributed by atoms with E-state index in [1.54, 1.807) is 0 Å². The van der Waals surface area contributed by atoms with Crippen LogP contribution in [-0.4, -0.2) is 14.0 Å². The molecule has 26 heavy (non-hydrogen) atoms. The van der Waals surface area contributed by atoms with E-state index in [4.69, 9.17) is 0 Å². The van der Waals surface area contributed by atoms with E-state index in [0.717, 1.165) is 5.52 Å². The highest BCUT2D eigenvalue weighted by molar-refractivity contribution is 5.57. The Morgan fingerprint density at radius 3 is 2.08 bits per heavy atom. The monoisotopic (exact) mass is 347 g/mol. The van der Waals surface area contributed by atoms with E-state index in [9.17, 15) is 0 Å². The van der Waals surface area contributed by atoms with Crippen LogP contribution in [-0.2, 0) is 10.8 Å². The van der Waals surface area contributed by atoms with Gasteiger partial charge in [0.1, 0.15) is 0 Å². The van der Waals surface area contributed by atoms with Crippen molar-refractivity contribution >= 4 is 11.0 Å². The van der Waals surface area contributed by atoms with Gasteiger partial charge in [0, 0.05) is 35.2 Å². The van der Waals surface area contributed by atoms with Crippen LogP contribution >= 0.6 is 0 Å². The SMILES string of the molecule is CC(C)(C)c1cccc2ccnn12.CC(C)(C)c1cccn2cccc12. The molecule has 0 aromatic carbocycles. The summed E-state index contributed by atoms with van der Waals surface area (Å²) >= 11 is 0. The second-order valence-electron chi connectivity index (χ2n) is 8.80. The van der Waals surface area contributed by atoms with E-state index >= 15 is 0 Å². The molecule has 0 saturated heterocycles. The highest BCUT2D eigenvalue weighted by Gasteiger charge is 2.17. The molecule has 0 saturated carbocycles. The summed E-state index contributed by atoms with van der Waals surface area (Å²) in [5.74, 6) is 0. The van der Waals surface area contributed by atoms with Gasteiger partial charge in [-0.05, 0) is 47.4 Å². The lowest BCUT2D eigenvalue weighted by Crippen LogP contribution is -2.16. The molecule has 0 spiro atoms. The van der Waals surface area contributed by atoms with Crippen molar-refractivity contribution in [1.82, 2.24) is 14.0 Å². The minimum Gasteiger partial charge on any atom is -0.324 e. The minimum atomic E-state index is 0.144. The van der Waals surface area contributed by atoms with Crippen LogP contribution in [0, 0.1) is 0 Å². The van der Waals surface area contributed by atoms with Crippen molar-refractivity contribution in [3.63, 3.8) is 0 Å². The Bertz CT molecular complexity index is 923. The Balaban J connectivity index is 0.000000151. The van der Waals surface area contributed by atoms with Crippen LogP contribution in [0.4, 0.5) is 0 Å². The predicted octanol–water partition coefficient (Wildman–Crippen LogP) is 5.87. The van der Waals surface area contributed by atoms with Gasteiger partial charge >= 0.3 is 0 Å². The Morgan fingerprint density at radius 1 is 0.731 bits per heavy atom. The molecule has 3 nitrogen and oxygen atoms in total. The average molecular weight is 348 g/mol. The fourth-order valence-corrected chi connectivity index (χ4v) is 3.22. The first-order valence-corrected chi connectivity index (χ1v) is 9.17. The van der Waals surface area contributed by atoms with Gasteiger partial charge in [-0.25, -0.2) is 4.52 Å². The van der Waals surface area contributed by atoms with Crippen molar-refractivity contribution in [1.29, 1.82) is 0 Å². The zero-order valence-electron chi connectivity index (χ0n) is 16.7. The molecule has 4 heterocycles. The third-order valence-corrected chi connectivity index (χ3v) is 4.56. The molecule has 0 unspecified atom stereocenters. The molecule has 0 aliphatic carbocycles. The molecule has 0 bridgehead atoms. The highest BCUT2D eigenvalue weighted by Crippen LogP contribution is 2.26. The summed E-state index contributed by atoms with van der Waals surface area (Å²) in [6.45, 7) is 13.3. The maximum absolute atomic E-state index is 4.30. The number of aromatic nitrogens is 3. The number of fused-ring (bicyclic) bond motifs is 2. The van der Waals surface area contributed by atoms with Crippen molar-refractivity contribution in [2.75, 3.05) is 0 Å². The third-order valence-electron chi connectivity index (χ3n) is 4.56. The molecule has 0 atom stereocenters. The molecule has 0 fully saturated rings.